The van der Waals surface area contributed by atoms with Gasteiger partial charge in [0.1, 0.15) is 0 Å². The van der Waals surface area contributed by atoms with Crippen LogP contribution in [0.3, 0.4) is 0 Å². The van der Waals surface area contributed by atoms with E-state index in [0.29, 0.717) is 6.42 Å². The Morgan fingerprint density at radius 3 is 2.44 bits per heavy atom. The van der Waals surface area contributed by atoms with Gasteiger partial charge in [-0.1, -0.05) is 55.7 Å². The molecule has 1 fully saturated rings. The molecule has 0 aromatic heterocycles. The molecule has 18 heavy (non-hydrogen) atoms. The van der Waals surface area contributed by atoms with E-state index >= 15 is 0 Å². The molecule has 1 heterocycles. The summed E-state index contributed by atoms with van der Waals surface area (Å²) in [6.07, 6.45) is 8.77. The normalized spacial score (nSPS) is 22.4. The molecule has 1 aliphatic heterocycles. The molecular formula is C16H19NO. The van der Waals surface area contributed by atoms with Crippen molar-refractivity contribution in [2.75, 3.05) is 0 Å². The second kappa shape index (κ2) is 4.60. The molecule has 2 nitrogen and oxygen atoms in total. The van der Waals surface area contributed by atoms with E-state index in [1.807, 2.05) is 18.2 Å². The van der Waals surface area contributed by atoms with E-state index in [-0.39, 0.29) is 11.4 Å². The van der Waals surface area contributed by atoms with E-state index in [2.05, 4.69) is 23.5 Å². The molecule has 3 rings (SSSR count). The average Bonchev–Trinajstić information content (AvgIpc) is 2.40. The summed E-state index contributed by atoms with van der Waals surface area (Å²) in [5.74, 6) is 0.179. The van der Waals surface area contributed by atoms with Gasteiger partial charge in [0.25, 0.3) is 0 Å². The highest BCUT2D eigenvalue weighted by Gasteiger charge is 2.35. The van der Waals surface area contributed by atoms with Crippen LogP contribution in [0.2, 0.25) is 0 Å². The summed E-state index contributed by atoms with van der Waals surface area (Å²) in [4.78, 5) is 12.0. The van der Waals surface area contributed by atoms with Crippen molar-refractivity contribution in [3.63, 3.8) is 0 Å². The van der Waals surface area contributed by atoms with Crippen molar-refractivity contribution < 1.29 is 4.79 Å². The fraction of sp³-hybridized carbons (Fsp3) is 0.438. The number of amides is 1. The summed E-state index contributed by atoms with van der Waals surface area (Å²) in [6.45, 7) is 0. The van der Waals surface area contributed by atoms with Gasteiger partial charge < -0.3 is 5.32 Å². The maximum atomic E-state index is 12.0. The Morgan fingerprint density at radius 2 is 1.72 bits per heavy atom. The van der Waals surface area contributed by atoms with Crippen LogP contribution in [0.4, 0.5) is 0 Å². The zero-order chi connectivity index (χ0) is 12.4. The molecule has 94 valence electrons. The second-order valence-corrected chi connectivity index (χ2v) is 5.48. The number of carbonyl (C=O) groups is 1. The monoisotopic (exact) mass is 241 g/mol. The predicted molar refractivity (Wildman–Crippen MR) is 73.0 cm³/mol. The first-order valence-corrected chi connectivity index (χ1v) is 6.86. The first-order chi connectivity index (χ1) is 8.77. The topological polar surface area (TPSA) is 29.1 Å². The van der Waals surface area contributed by atoms with Crippen LogP contribution in [-0.2, 0) is 4.79 Å². The van der Waals surface area contributed by atoms with E-state index in [1.165, 1.54) is 30.4 Å². The third-order valence-corrected chi connectivity index (χ3v) is 4.08. The van der Waals surface area contributed by atoms with Crippen LogP contribution < -0.4 is 5.32 Å². The molecular weight excluding hydrogens is 222 g/mol. The smallest absolute Gasteiger partial charge is 0.225 e. The lowest BCUT2D eigenvalue weighted by Crippen LogP contribution is -2.50. The molecule has 2 heteroatoms. The molecule has 0 atom stereocenters. The van der Waals surface area contributed by atoms with Gasteiger partial charge in [-0.15, -0.1) is 0 Å². The van der Waals surface area contributed by atoms with E-state index in [1.54, 1.807) is 0 Å². The highest BCUT2D eigenvalue weighted by Crippen LogP contribution is 2.35. The number of hydrogen-bond donors (Lipinski definition) is 1. The van der Waals surface area contributed by atoms with Crippen LogP contribution >= 0.6 is 0 Å². The molecule has 0 radical (unpaired) electrons. The van der Waals surface area contributed by atoms with Crippen LogP contribution in [0.1, 0.15) is 44.1 Å². The van der Waals surface area contributed by atoms with Crippen molar-refractivity contribution in [3.05, 3.63) is 42.0 Å². The number of nitrogens with one attached hydrogen (secondary N) is 1. The van der Waals surface area contributed by atoms with Gasteiger partial charge in [0.2, 0.25) is 5.91 Å². The Labute approximate surface area is 108 Å². The lowest BCUT2D eigenvalue weighted by Gasteiger charge is -2.39. The third-order valence-electron chi connectivity index (χ3n) is 4.08. The van der Waals surface area contributed by atoms with Crippen molar-refractivity contribution in [1.29, 1.82) is 0 Å². The lowest BCUT2D eigenvalue weighted by molar-refractivity contribution is -0.122. The Balaban J connectivity index is 1.96. The number of rotatable bonds is 1. The standard InChI is InChI=1S/C16H19NO/c18-15-11-14(13-7-3-1-4-8-13)12-16(17-15)9-5-2-6-10-16/h1,3-4,7-8,12H,2,5-6,9-11H2,(H,17,18). The fourth-order valence-corrected chi connectivity index (χ4v) is 3.21. The summed E-state index contributed by atoms with van der Waals surface area (Å²) in [7, 11) is 0. The maximum Gasteiger partial charge on any atom is 0.225 e. The van der Waals surface area contributed by atoms with Crippen molar-refractivity contribution in [2.45, 2.75) is 44.1 Å². The van der Waals surface area contributed by atoms with Gasteiger partial charge in [0.15, 0.2) is 0 Å². The quantitative estimate of drug-likeness (QED) is 0.803. The maximum absolute atomic E-state index is 12.0. The first kappa shape index (κ1) is 11.5. The SMILES string of the molecule is O=C1CC(c2ccccc2)=CC2(CCCCC2)N1. The van der Waals surface area contributed by atoms with Crippen LogP contribution in [0, 0.1) is 0 Å². The lowest BCUT2D eigenvalue weighted by atomic mass is 9.77. The van der Waals surface area contributed by atoms with Gasteiger partial charge in [0.05, 0.1) is 12.0 Å². The number of hydrogen-bond acceptors (Lipinski definition) is 1. The predicted octanol–water partition coefficient (Wildman–Crippen LogP) is 3.29. The van der Waals surface area contributed by atoms with E-state index in [4.69, 9.17) is 0 Å². The van der Waals surface area contributed by atoms with Crippen molar-refractivity contribution in [1.82, 2.24) is 5.32 Å². The van der Waals surface area contributed by atoms with E-state index < -0.39 is 0 Å². The highest BCUT2D eigenvalue weighted by molar-refractivity contribution is 5.92. The largest absolute Gasteiger partial charge is 0.347 e. The molecule has 1 aliphatic carbocycles. The number of carbonyl (C=O) groups excluding carboxylic acids is 1. The molecule has 1 N–H and O–H groups in total. The fourth-order valence-electron chi connectivity index (χ4n) is 3.21. The van der Waals surface area contributed by atoms with Crippen LogP contribution in [-0.4, -0.2) is 11.4 Å². The van der Waals surface area contributed by atoms with Crippen LogP contribution in [0.15, 0.2) is 36.4 Å². The Bertz CT molecular complexity index is 469. The molecule has 0 bridgehead atoms. The molecule has 0 unspecified atom stereocenters. The summed E-state index contributed by atoms with van der Waals surface area (Å²) < 4.78 is 0. The van der Waals surface area contributed by atoms with Crippen LogP contribution in [0.5, 0.6) is 0 Å². The molecule has 1 spiro atoms. The summed E-state index contributed by atoms with van der Waals surface area (Å²) >= 11 is 0. The van der Waals surface area contributed by atoms with Crippen molar-refractivity contribution in [2.24, 2.45) is 0 Å². The molecule has 2 aliphatic rings. The molecule has 1 saturated carbocycles. The molecule has 1 amide bonds. The van der Waals surface area contributed by atoms with Gasteiger partial charge in [-0.3, -0.25) is 4.79 Å². The second-order valence-electron chi connectivity index (χ2n) is 5.48. The van der Waals surface area contributed by atoms with Crippen molar-refractivity contribution >= 4 is 11.5 Å². The molecule has 1 aromatic carbocycles. The summed E-state index contributed by atoms with van der Waals surface area (Å²) in [5, 5.41) is 3.22. The van der Waals surface area contributed by atoms with Gasteiger partial charge in [-0.2, -0.15) is 0 Å². The Hall–Kier alpha value is -1.57. The van der Waals surface area contributed by atoms with Gasteiger partial charge >= 0.3 is 0 Å². The average molecular weight is 241 g/mol. The minimum absolute atomic E-state index is 0.0568. The first-order valence-electron chi connectivity index (χ1n) is 6.86. The number of benzene rings is 1. The Morgan fingerprint density at radius 1 is 1.00 bits per heavy atom. The van der Waals surface area contributed by atoms with E-state index in [9.17, 15) is 4.79 Å². The molecule has 0 saturated heterocycles. The van der Waals surface area contributed by atoms with Crippen molar-refractivity contribution in [3.8, 4) is 0 Å². The highest BCUT2D eigenvalue weighted by atomic mass is 16.1. The zero-order valence-corrected chi connectivity index (χ0v) is 10.6. The van der Waals surface area contributed by atoms with Gasteiger partial charge in [-0.25, -0.2) is 0 Å². The third kappa shape index (κ3) is 2.20. The van der Waals surface area contributed by atoms with Gasteiger partial charge in [0, 0.05) is 0 Å². The summed E-state index contributed by atoms with van der Waals surface area (Å²) in [5.41, 5.74) is 2.33. The van der Waals surface area contributed by atoms with E-state index in [0.717, 1.165) is 12.8 Å². The van der Waals surface area contributed by atoms with Crippen LogP contribution in [0.25, 0.3) is 5.57 Å². The molecule has 1 aromatic rings. The Kier molecular flexibility index (Phi) is 2.94. The minimum Gasteiger partial charge on any atom is -0.347 e. The summed E-state index contributed by atoms with van der Waals surface area (Å²) in [6, 6.07) is 10.3. The zero-order valence-electron chi connectivity index (χ0n) is 10.6. The van der Waals surface area contributed by atoms with Gasteiger partial charge in [-0.05, 0) is 24.0 Å². The minimum atomic E-state index is -0.0568.